The SMILES string of the molecule is Cc1cccc(COC[C@H]2CCCNC2)c1. The number of benzene rings is 1. The van der Waals surface area contributed by atoms with E-state index in [1.165, 1.54) is 30.5 Å². The third-order valence-electron chi connectivity index (χ3n) is 3.10. The van der Waals surface area contributed by atoms with Gasteiger partial charge in [0.1, 0.15) is 0 Å². The van der Waals surface area contributed by atoms with Gasteiger partial charge in [-0.05, 0) is 37.8 Å². The van der Waals surface area contributed by atoms with Crippen LogP contribution in [-0.2, 0) is 11.3 Å². The standard InChI is InChI=1S/C14H21NO/c1-12-4-2-5-13(8-12)10-16-11-14-6-3-7-15-9-14/h2,4-5,8,14-15H,3,6-7,9-11H2,1H3/t14-/m0/s1. The number of ether oxygens (including phenoxy) is 1. The molecule has 1 aliphatic rings. The van der Waals surface area contributed by atoms with Crippen molar-refractivity contribution in [3.05, 3.63) is 35.4 Å². The number of aryl methyl sites for hydroxylation is 1. The van der Waals surface area contributed by atoms with Crippen LogP contribution in [0.15, 0.2) is 24.3 Å². The van der Waals surface area contributed by atoms with Gasteiger partial charge in [-0.15, -0.1) is 0 Å². The molecule has 0 aromatic heterocycles. The van der Waals surface area contributed by atoms with Crippen molar-refractivity contribution in [2.75, 3.05) is 19.7 Å². The van der Waals surface area contributed by atoms with Crippen molar-refractivity contribution in [2.45, 2.75) is 26.4 Å². The third-order valence-corrected chi connectivity index (χ3v) is 3.10. The van der Waals surface area contributed by atoms with E-state index in [0.29, 0.717) is 5.92 Å². The van der Waals surface area contributed by atoms with Gasteiger partial charge in [0.2, 0.25) is 0 Å². The van der Waals surface area contributed by atoms with E-state index in [2.05, 4.69) is 36.5 Å². The van der Waals surface area contributed by atoms with Gasteiger partial charge in [0.05, 0.1) is 13.2 Å². The van der Waals surface area contributed by atoms with Gasteiger partial charge in [-0.1, -0.05) is 29.8 Å². The van der Waals surface area contributed by atoms with Crippen LogP contribution in [0.5, 0.6) is 0 Å². The minimum absolute atomic E-state index is 0.707. The molecule has 2 heteroatoms. The first-order valence-corrected chi connectivity index (χ1v) is 6.18. The molecule has 16 heavy (non-hydrogen) atoms. The lowest BCUT2D eigenvalue weighted by atomic mass is 10.0. The van der Waals surface area contributed by atoms with E-state index in [4.69, 9.17) is 4.74 Å². The second-order valence-corrected chi connectivity index (χ2v) is 4.72. The van der Waals surface area contributed by atoms with Crippen molar-refractivity contribution < 1.29 is 4.74 Å². The maximum atomic E-state index is 5.77. The Morgan fingerprint density at radius 3 is 3.12 bits per heavy atom. The molecule has 0 unspecified atom stereocenters. The number of hydrogen-bond acceptors (Lipinski definition) is 2. The highest BCUT2D eigenvalue weighted by Gasteiger charge is 2.12. The highest BCUT2D eigenvalue weighted by Crippen LogP contribution is 2.12. The maximum Gasteiger partial charge on any atom is 0.0717 e. The Balaban J connectivity index is 1.71. The van der Waals surface area contributed by atoms with Crippen LogP contribution in [0.3, 0.4) is 0 Å². The second-order valence-electron chi connectivity index (χ2n) is 4.72. The molecule has 1 N–H and O–H groups in total. The average Bonchev–Trinajstić information content (AvgIpc) is 2.30. The Bertz CT molecular complexity index is 318. The summed E-state index contributed by atoms with van der Waals surface area (Å²) in [4.78, 5) is 0. The molecule has 1 fully saturated rings. The molecule has 1 aliphatic heterocycles. The number of hydrogen-bond donors (Lipinski definition) is 1. The van der Waals surface area contributed by atoms with Crippen LogP contribution >= 0.6 is 0 Å². The molecule has 1 heterocycles. The Hall–Kier alpha value is -0.860. The smallest absolute Gasteiger partial charge is 0.0717 e. The summed E-state index contributed by atoms with van der Waals surface area (Å²) in [5.41, 5.74) is 2.59. The van der Waals surface area contributed by atoms with Crippen LogP contribution in [-0.4, -0.2) is 19.7 Å². The molecular weight excluding hydrogens is 198 g/mol. The Labute approximate surface area is 98.0 Å². The second kappa shape index (κ2) is 6.02. The van der Waals surface area contributed by atoms with Crippen molar-refractivity contribution in [3.8, 4) is 0 Å². The summed E-state index contributed by atoms with van der Waals surface area (Å²) in [7, 11) is 0. The number of nitrogens with one attached hydrogen (secondary N) is 1. The van der Waals surface area contributed by atoms with E-state index in [-0.39, 0.29) is 0 Å². The van der Waals surface area contributed by atoms with E-state index in [1.54, 1.807) is 0 Å². The monoisotopic (exact) mass is 219 g/mol. The molecule has 0 spiro atoms. The van der Waals surface area contributed by atoms with Gasteiger partial charge >= 0.3 is 0 Å². The summed E-state index contributed by atoms with van der Waals surface area (Å²) in [6.07, 6.45) is 2.60. The van der Waals surface area contributed by atoms with Crippen LogP contribution in [0.1, 0.15) is 24.0 Å². The van der Waals surface area contributed by atoms with Crippen molar-refractivity contribution in [1.29, 1.82) is 0 Å². The Kier molecular flexibility index (Phi) is 4.37. The molecule has 2 nitrogen and oxygen atoms in total. The first-order chi connectivity index (χ1) is 7.84. The highest BCUT2D eigenvalue weighted by molar-refractivity contribution is 5.21. The molecule has 2 rings (SSSR count). The molecular formula is C14H21NO. The largest absolute Gasteiger partial charge is 0.376 e. The normalized spacial score (nSPS) is 20.9. The van der Waals surface area contributed by atoms with E-state index < -0.39 is 0 Å². The van der Waals surface area contributed by atoms with Crippen molar-refractivity contribution in [1.82, 2.24) is 5.32 Å². The fraction of sp³-hybridized carbons (Fsp3) is 0.571. The Morgan fingerprint density at radius 1 is 1.44 bits per heavy atom. The lowest BCUT2D eigenvalue weighted by Gasteiger charge is -2.22. The fourth-order valence-corrected chi connectivity index (χ4v) is 2.21. The molecule has 0 bridgehead atoms. The van der Waals surface area contributed by atoms with E-state index >= 15 is 0 Å². The van der Waals surface area contributed by atoms with Gasteiger partial charge in [-0.2, -0.15) is 0 Å². The average molecular weight is 219 g/mol. The molecule has 0 saturated carbocycles. The topological polar surface area (TPSA) is 21.3 Å². The van der Waals surface area contributed by atoms with Crippen LogP contribution in [0.2, 0.25) is 0 Å². The lowest BCUT2D eigenvalue weighted by Crippen LogP contribution is -2.32. The first kappa shape index (κ1) is 11.6. The minimum Gasteiger partial charge on any atom is -0.376 e. The van der Waals surface area contributed by atoms with E-state index in [9.17, 15) is 0 Å². The van der Waals surface area contributed by atoms with Crippen molar-refractivity contribution >= 4 is 0 Å². The first-order valence-electron chi connectivity index (χ1n) is 6.18. The van der Waals surface area contributed by atoms with Gasteiger partial charge in [-0.25, -0.2) is 0 Å². The third kappa shape index (κ3) is 3.62. The molecule has 1 saturated heterocycles. The van der Waals surface area contributed by atoms with Gasteiger partial charge < -0.3 is 10.1 Å². The van der Waals surface area contributed by atoms with Crippen molar-refractivity contribution in [3.63, 3.8) is 0 Å². The maximum absolute atomic E-state index is 5.77. The molecule has 88 valence electrons. The van der Waals surface area contributed by atoms with Gasteiger partial charge in [0.15, 0.2) is 0 Å². The van der Waals surface area contributed by atoms with Crippen LogP contribution in [0.25, 0.3) is 0 Å². The zero-order chi connectivity index (χ0) is 11.2. The summed E-state index contributed by atoms with van der Waals surface area (Å²) < 4.78 is 5.77. The molecule has 1 aromatic carbocycles. The number of piperidine rings is 1. The zero-order valence-electron chi connectivity index (χ0n) is 10.0. The summed E-state index contributed by atoms with van der Waals surface area (Å²) in [6, 6.07) is 8.54. The summed E-state index contributed by atoms with van der Waals surface area (Å²) >= 11 is 0. The fourth-order valence-electron chi connectivity index (χ4n) is 2.21. The van der Waals surface area contributed by atoms with E-state index in [1.807, 2.05) is 0 Å². The van der Waals surface area contributed by atoms with Crippen LogP contribution < -0.4 is 5.32 Å². The molecule has 0 radical (unpaired) electrons. The van der Waals surface area contributed by atoms with Crippen LogP contribution in [0, 0.1) is 12.8 Å². The van der Waals surface area contributed by atoms with E-state index in [0.717, 1.165) is 19.8 Å². The lowest BCUT2D eigenvalue weighted by molar-refractivity contribution is 0.0783. The molecule has 1 aromatic rings. The van der Waals surface area contributed by atoms with Gasteiger partial charge in [-0.3, -0.25) is 0 Å². The number of rotatable bonds is 4. The highest BCUT2D eigenvalue weighted by atomic mass is 16.5. The minimum atomic E-state index is 0.707. The quantitative estimate of drug-likeness (QED) is 0.840. The van der Waals surface area contributed by atoms with Gasteiger partial charge in [0.25, 0.3) is 0 Å². The summed E-state index contributed by atoms with van der Waals surface area (Å²) in [5, 5.41) is 3.41. The van der Waals surface area contributed by atoms with Crippen molar-refractivity contribution in [2.24, 2.45) is 5.92 Å². The Morgan fingerprint density at radius 2 is 2.38 bits per heavy atom. The molecule has 1 atom stereocenters. The predicted molar refractivity (Wildman–Crippen MR) is 66.4 cm³/mol. The molecule has 0 aliphatic carbocycles. The predicted octanol–water partition coefficient (Wildman–Crippen LogP) is 2.51. The van der Waals surface area contributed by atoms with Gasteiger partial charge in [0, 0.05) is 6.54 Å². The molecule has 0 amide bonds. The zero-order valence-corrected chi connectivity index (χ0v) is 10.0. The van der Waals surface area contributed by atoms with Crippen LogP contribution in [0.4, 0.5) is 0 Å². The summed E-state index contributed by atoms with van der Waals surface area (Å²) in [6.45, 7) is 6.05. The summed E-state index contributed by atoms with van der Waals surface area (Å²) in [5.74, 6) is 0.707.